The third-order valence-electron chi connectivity index (χ3n) is 6.44. The molecule has 0 saturated heterocycles. The van der Waals surface area contributed by atoms with Crippen molar-refractivity contribution in [3.05, 3.63) is 72.8 Å². The minimum Gasteiger partial charge on any atom is -0.457 e. The maximum atomic E-state index is 12.4. The van der Waals surface area contributed by atoms with E-state index in [2.05, 4.69) is 30.4 Å². The third-order valence-corrected chi connectivity index (χ3v) is 6.44. The zero-order valence-corrected chi connectivity index (χ0v) is 23.2. The fourth-order valence-corrected chi connectivity index (χ4v) is 4.43. The van der Waals surface area contributed by atoms with Crippen LogP contribution in [0.3, 0.4) is 0 Å². The van der Waals surface area contributed by atoms with Gasteiger partial charge < -0.3 is 19.7 Å². The Kier molecular flexibility index (Phi) is 6.66. The highest BCUT2D eigenvalue weighted by molar-refractivity contribution is 5.87. The third kappa shape index (κ3) is 5.76. The molecule has 0 saturated carbocycles. The lowest BCUT2D eigenvalue weighted by molar-refractivity contribution is 0.0270. The number of fused-ring (bicyclic) bond motifs is 2. The minimum atomic E-state index is -0.536. The topological polar surface area (TPSA) is 133 Å². The van der Waals surface area contributed by atoms with E-state index in [9.17, 15) is 4.79 Å². The Morgan fingerprint density at radius 1 is 1.05 bits per heavy atom. The predicted molar refractivity (Wildman–Crippen MR) is 153 cm³/mol. The number of nitrogens with zero attached hydrogens (tertiary/aromatic N) is 8. The summed E-state index contributed by atoms with van der Waals surface area (Å²) in [7, 11) is 0. The van der Waals surface area contributed by atoms with Crippen molar-refractivity contribution in [2.75, 3.05) is 18.4 Å². The fraction of sp³-hybridized carbons (Fsp3) is 0.276. The Balaban J connectivity index is 1.20. The Labute approximate surface area is 236 Å². The molecule has 0 bridgehead atoms. The molecule has 1 aromatic carbocycles. The molecule has 0 spiro atoms. The van der Waals surface area contributed by atoms with E-state index in [1.165, 1.54) is 12.7 Å². The lowest BCUT2D eigenvalue weighted by Gasteiger charge is -2.29. The van der Waals surface area contributed by atoms with Crippen molar-refractivity contribution < 1.29 is 14.3 Å². The zero-order valence-electron chi connectivity index (χ0n) is 23.2. The number of aromatic nitrogens is 7. The summed E-state index contributed by atoms with van der Waals surface area (Å²) < 4.78 is 13.3. The SMILES string of the molecule is Cc1cc(Nc2ncnc3cnc(C4=CCN(C(=O)OC(C)(C)C)CC4)nc23)ccc1Oc1ccn2ncnc2c1. The van der Waals surface area contributed by atoms with E-state index in [4.69, 9.17) is 14.5 Å². The Morgan fingerprint density at radius 3 is 2.71 bits per heavy atom. The van der Waals surface area contributed by atoms with Crippen LogP contribution in [0.5, 0.6) is 11.5 Å². The highest BCUT2D eigenvalue weighted by atomic mass is 16.6. The van der Waals surface area contributed by atoms with E-state index < -0.39 is 5.60 Å². The van der Waals surface area contributed by atoms with E-state index in [0.29, 0.717) is 53.6 Å². The summed E-state index contributed by atoms with van der Waals surface area (Å²) in [5.41, 5.74) is 4.12. The Morgan fingerprint density at radius 2 is 1.93 bits per heavy atom. The highest BCUT2D eigenvalue weighted by Gasteiger charge is 2.24. The van der Waals surface area contributed by atoms with E-state index in [1.54, 1.807) is 21.8 Å². The van der Waals surface area contributed by atoms with E-state index >= 15 is 0 Å². The van der Waals surface area contributed by atoms with Crippen LogP contribution in [0.4, 0.5) is 16.3 Å². The number of nitrogens with one attached hydrogen (secondary N) is 1. The van der Waals surface area contributed by atoms with Gasteiger partial charge in [0, 0.05) is 31.0 Å². The molecular weight excluding hydrogens is 522 g/mol. The minimum absolute atomic E-state index is 0.324. The number of carbonyl (C=O) groups excluding carboxylic acids is 1. The standard InChI is InChI=1S/C29H29N9O3/c1-18-13-20(5-6-23(18)40-21-9-12-38-24(14-21)32-17-34-38)35-27-25-22(31-16-33-27)15-30-26(36-25)19-7-10-37(11-8-19)28(39)41-29(2,3)4/h5-7,9,12-17H,8,10-11H2,1-4H3,(H,31,33,35). The molecule has 6 rings (SSSR count). The van der Waals surface area contributed by atoms with Crippen LogP contribution >= 0.6 is 0 Å². The molecular formula is C29H29N9O3. The average molecular weight is 552 g/mol. The van der Waals surface area contributed by atoms with Crippen LogP contribution in [0.2, 0.25) is 0 Å². The number of ether oxygens (including phenoxy) is 2. The number of aryl methyl sites for hydroxylation is 1. The second-order valence-electron chi connectivity index (χ2n) is 10.7. The summed E-state index contributed by atoms with van der Waals surface area (Å²) in [5.74, 6) is 2.55. The van der Waals surface area contributed by atoms with Crippen molar-refractivity contribution >= 4 is 39.9 Å². The number of benzene rings is 1. The molecule has 0 aliphatic carbocycles. The average Bonchev–Trinajstić information content (AvgIpc) is 3.42. The first kappa shape index (κ1) is 26.1. The van der Waals surface area contributed by atoms with Crippen LogP contribution < -0.4 is 10.1 Å². The molecule has 0 radical (unpaired) electrons. The largest absolute Gasteiger partial charge is 0.457 e. The lowest BCUT2D eigenvalue weighted by Crippen LogP contribution is -2.39. The van der Waals surface area contributed by atoms with Crippen LogP contribution in [0.25, 0.3) is 22.3 Å². The number of hydrogen-bond acceptors (Lipinski definition) is 10. The van der Waals surface area contributed by atoms with Gasteiger partial charge in [0.25, 0.3) is 0 Å². The van der Waals surface area contributed by atoms with Crippen LogP contribution in [0.15, 0.2) is 61.5 Å². The quantitative estimate of drug-likeness (QED) is 0.305. The molecule has 1 amide bonds. The molecule has 0 unspecified atom stereocenters. The smallest absolute Gasteiger partial charge is 0.410 e. The normalized spacial score (nSPS) is 13.8. The van der Waals surface area contributed by atoms with Crippen molar-refractivity contribution in [3.63, 3.8) is 0 Å². The van der Waals surface area contributed by atoms with Gasteiger partial charge in [0.15, 0.2) is 17.3 Å². The molecule has 12 nitrogen and oxygen atoms in total. The maximum Gasteiger partial charge on any atom is 0.410 e. The summed E-state index contributed by atoms with van der Waals surface area (Å²) in [5, 5.41) is 7.48. The summed E-state index contributed by atoms with van der Waals surface area (Å²) in [6, 6.07) is 9.48. The molecule has 0 atom stereocenters. The van der Waals surface area contributed by atoms with E-state index in [0.717, 1.165) is 22.6 Å². The van der Waals surface area contributed by atoms with Crippen LogP contribution in [0, 0.1) is 6.92 Å². The van der Waals surface area contributed by atoms with E-state index in [-0.39, 0.29) is 6.09 Å². The van der Waals surface area contributed by atoms with Crippen molar-refractivity contribution in [2.45, 2.75) is 39.7 Å². The van der Waals surface area contributed by atoms with E-state index in [1.807, 2.05) is 64.1 Å². The number of hydrogen-bond donors (Lipinski definition) is 1. The number of carbonyl (C=O) groups is 1. The van der Waals surface area contributed by atoms with Gasteiger partial charge in [-0.05, 0) is 69.5 Å². The molecule has 5 heterocycles. The van der Waals surface area contributed by atoms with Gasteiger partial charge in [-0.3, -0.25) is 0 Å². The molecule has 41 heavy (non-hydrogen) atoms. The van der Waals surface area contributed by atoms with Crippen LogP contribution in [-0.4, -0.2) is 64.2 Å². The molecule has 208 valence electrons. The van der Waals surface area contributed by atoms with Crippen LogP contribution in [-0.2, 0) is 4.74 Å². The van der Waals surface area contributed by atoms with Crippen molar-refractivity contribution in [1.82, 2.24) is 39.4 Å². The molecule has 1 N–H and O–H groups in total. The predicted octanol–water partition coefficient (Wildman–Crippen LogP) is 5.33. The summed E-state index contributed by atoms with van der Waals surface area (Å²) in [4.78, 5) is 36.4. The molecule has 4 aromatic heterocycles. The molecule has 1 aliphatic heterocycles. The van der Waals surface area contributed by atoms with Gasteiger partial charge >= 0.3 is 6.09 Å². The van der Waals surface area contributed by atoms with Gasteiger partial charge in [-0.25, -0.2) is 34.2 Å². The van der Waals surface area contributed by atoms with Gasteiger partial charge in [0.2, 0.25) is 0 Å². The number of pyridine rings is 1. The van der Waals surface area contributed by atoms with Gasteiger partial charge in [-0.2, -0.15) is 5.10 Å². The first-order valence-electron chi connectivity index (χ1n) is 13.2. The Bertz CT molecular complexity index is 1790. The monoisotopic (exact) mass is 551 g/mol. The maximum absolute atomic E-state index is 12.4. The van der Waals surface area contributed by atoms with Crippen LogP contribution in [0.1, 0.15) is 38.6 Å². The van der Waals surface area contributed by atoms with Crippen molar-refractivity contribution in [2.24, 2.45) is 0 Å². The molecule has 12 heteroatoms. The number of amides is 1. The zero-order chi connectivity index (χ0) is 28.6. The van der Waals surface area contributed by atoms with Gasteiger partial charge in [0.1, 0.15) is 40.8 Å². The van der Waals surface area contributed by atoms with Crippen molar-refractivity contribution in [3.8, 4) is 11.5 Å². The van der Waals surface area contributed by atoms with Crippen molar-refractivity contribution in [1.29, 1.82) is 0 Å². The fourth-order valence-electron chi connectivity index (χ4n) is 4.43. The summed E-state index contributed by atoms with van der Waals surface area (Å²) in [6.45, 7) is 8.51. The highest BCUT2D eigenvalue weighted by Crippen LogP contribution is 2.30. The Hall–Kier alpha value is -5.13. The van der Waals surface area contributed by atoms with Gasteiger partial charge in [0.05, 0.1) is 6.20 Å². The second kappa shape index (κ2) is 10.5. The molecule has 1 aliphatic rings. The van der Waals surface area contributed by atoms with Gasteiger partial charge in [-0.1, -0.05) is 6.08 Å². The molecule has 0 fully saturated rings. The summed E-state index contributed by atoms with van der Waals surface area (Å²) >= 11 is 0. The number of rotatable bonds is 5. The first-order chi connectivity index (χ1) is 19.7. The van der Waals surface area contributed by atoms with Gasteiger partial charge in [-0.15, -0.1) is 0 Å². The lowest BCUT2D eigenvalue weighted by atomic mass is 10.1. The second-order valence-corrected chi connectivity index (χ2v) is 10.7. The number of anilines is 2. The summed E-state index contributed by atoms with van der Waals surface area (Å²) in [6.07, 6.45) is 8.74. The first-order valence-corrected chi connectivity index (χ1v) is 13.2. The molecule has 5 aromatic rings.